The van der Waals surface area contributed by atoms with E-state index in [0.29, 0.717) is 5.92 Å². The summed E-state index contributed by atoms with van der Waals surface area (Å²) in [5, 5.41) is 1.67. The second-order valence-electron chi connectivity index (χ2n) is 10.2. The van der Waals surface area contributed by atoms with Crippen LogP contribution in [0, 0.1) is 5.92 Å². The molecule has 1 saturated carbocycles. The first-order chi connectivity index (χ1) is 15.0. The molecule has 2 unspecified atom stereocenters. The van der Waals surface area contributed by atoms with Gasteiger partial charge in [-0.1, -0.05) is 0 Å². The van der Waals surface area contributed by atoms with Crippen molar-refractivity contribution in [3.05, 3.63) is 50.9 Å². The molecule has 1 fully saturated rings. The van der Waals surface area contributed by atoms with E-state index in [-0.39, 0.29) is 0 Å². The molecule has 0 aromatic heterocycles. The maximum absolute atomic E-state index is 4.49. The molecule has 31 heavy (non-hydrogen) atoms. The molecule has 0 amide bonds. The Kier molecular flexibility index (Phi) is 10.4. The third-order valence-electron chi connectivity index (χ3n) is 8.13. The number of hydrogen-bond donors (Lipinski definition) is 1. The van der Waals surface area contributed by atoms with Crippen LogP contribution in [0.4, 0.5) is 0 Å². The molecule has 1 aromatic rings. The molecule has 0 bridgehead atoms. The van der Waals surface area contributed by atoms with Crippen molar-refractivity contribution in [3.63, 3.8) is 0 Å². The SMILES string of the molecule is CC1=C(C)C(C)[C]([Ti]([NH]C2CCCCCCCCCCC2)[SiH](C)c2ccccc2)=C1C. The molecule has 0 aliphatic heterocycles. The van der Waals surface area contributed by atoms with E-state index in [2.05, 4.69) is 68.4 Å². The summed E-state index contributed by atoms with van der Waals surface area (Å²) >= 11 is -1.58. The van der Waals surface area contributed by atoms with Crippen LogP contribution >= 0.6 is 0 Å². The van der Waals surface area contributed by atoms with Crippen molar-refractivity contribution in [1.29, 1.82) is 0 Å². The molecule has 0 saturated heterocycles. The number of benzene rings is 1. The predicted molar refractivity (Wildman–Crippen MR) is 137 cm³/mol. The van der Waals surface area contributed by atoms with Crippen LogP contribution in [0.5, 0.6) is 0 Å². The van der Waals surface area contributed by atoms with Crippen LogP contribution in [0.25, 0.3) is 0 Å². The van der Waals surface area contributed by atoms with Crippen molar-refractivity contribution in [3.8, 4) is 0 Å². The number of hydrogen-bond acceptors (Lipinski definition) is 1. The van der Waals surface area contributed by atoms with Gasteiger partial charge in [0, 0.05) is 0 Å². The summed E-state index contributed by atoms with van der Waals surface area (Å²) in [4.78, 5) is 0. The zero-order valence-electron chi connectivity index (χ0n) is 20.9. The Bertz CT molecular complexity index is 742. The third-order valence-corrected chi connectivity index (χ3v) is 21.3. The maximum atomic E-state index is 4.49. The molecule has 1 nitrogen and oxygen atoms in total. The van der Waals surface area contributed by atoms with E-state index >= 15 is 0 Å². The van der Waals surface area contributed by atoms with E-state index in [9.17, 15) is 0 Å². The number of allylic oxidation sites excluding steroid dienone is 4. The number of nitrogens with one attached hydrogen (secondary N) is 1. The van der Waals surface area contributed by atoms with Crippen LogP contribution < -0.4 is 8.99 Å². The van der Waals surface area contributed by atoms with Gasteiger partial charge in [0.2, 0.25) is 0 Å². The molecule has 3 rings (SSSR count). The van der Waals surface area contributed by atoms with E-state index in [0.717, 1.165) is 6.04 Å². The van der Waals surface area contributed by atoms with Gasteiger partial charge in [-0.2, -0.15) is 0 Å². The summed E-state index contributed by atoms with van der Waals surface area (Å²) in [6.07, 6.45) is 15.8. The van der Waals surface area contributed by atoms with Gasteiger partial charge in [0.1, 0.15) is 0 Å². The Morgan fingerprint density at radius 3 is 1.77 bits per heavy atom. The topological polar surface area (TPSA) is 12.0 Å². The monoisotopic (exact) mass is 472 g/mol. The van der Waals surface area contributed by atoms with E-state index in [1.54, 1.807) is 21.9 Å². The molecule has 2 aliphatic rings. The second-order valence-corrected chi connectivity index (χ2v) is 21.3. The van der Waals surface area contributed by atoms with Gasteiger partial charge in [-0.15, -0.1) is 0 Å². The Morgan fingerprint density at radius 1 is 0.774 bits per heavy atom. The Hall–Kier alpha value is -0.409. The van der Waals surface area contributed by atoms with Crippen molar-refractivity contribution in [2.24, 2.45) is 5.92 Å². The Morgan fingerprint density at radius 2 is 1.29 bits per heavy atom. The van der Waals surface area contributed by atoms with Crippen molar-refractivity contribution < 1.29 is 17.4 Å². The van der Waals surface area contributed by atoms with E-state index in [1.165, 1.54) is 70.6 Å². The quantitative estimate of drug-likeness (QED) is 0.443. The van der Waals surface area contributed by atoms with E-state index in [1.807, 2.05) is 3.88 Å². The van der Waals surface area contributed by atoms with Crippen LogP contribution in [0.15, 0.2) is 50.9 Å². The van der Waals surface area contributed by atoms with E-state index in [4.69, 9.17) is 0 Å². The van der Waals surface area contributed by atoms with Gasteiger partial charge >= 0.3 is 201 Å². The first kappa shape index (κ1) is 25.2. The third kappa shape index (κ3) is 6.79. The van der Waals surface area contributed by atoms with Crippen molar-refractivity contribution in [1.82, 2.24) is 3.80 Å². The second kappa shape index (κ2) is 12.7. The molecule has 0 heterocycles. The fourth-order valence-electron chi connectivity index (χ4n) is 5.67. The number of rotatable bonds is 5. The summed E-state index contributed by atoms with van der Waals surface area (Å²) in [5.74, 6) is 0.660. The zero-order chi connectivity index (χ0) is 22.2. The molecule has 0 radical (unpaired) electrons. The molecule has 1 aromatic carbocycles. The fraction of sp³-hybridized carbons (Fsp3) is 0.643. The van der Waals surface area contributed by atoms with Gasteiger partial charge in [-0.25, -0.2) is 0 Å². The first-order valence-corrected chi connectivity index (χ1v) is 19.7. The van der Waals surface area contributed by atoms with Crippen LogP contribution in [-0.4, -0.2) is 12.7 Å². The zero-order valence-corrected chi connectivity index (χ0v) is 23.6. The molecular formula is C28H46NSiTi. The van der Waals surface area contributed by atoms with Crippen LogP contribution in [0.2, 0.25) is 6.55 Å². The van der Waals surface area contributed by atoms with Gasteiger partial charge < -0.3 is 0 Å². The van der Waals surface area contributed by atoms with Crippen LogP contribution in [-0.2, 0) is 17.4 Å². The minimum atomic E-state index is -1.58. The van der Waals surface area contributed by atoms with Crippen molar-refractivity contribution in [2.45, 2.75) is 111 Å². The van der Waals surface area contributed by atoms with Gasteiger partial charge in [-0.05, 0) is 0 Å². The van der Waals surface area contributed by atoms with Gasteiger partial charge in [-0.3, -0.25) is 0 Å². The van der Waals surface area contributed by atoms with Crippen LogP contribution in [0.3, 0.4) is 0 Å². The average molecular weight is 473 g/mol. The van der Waals surface area contributed by atoms with Gasteiger partial charge in [0.15, 0.2) is 0 Å². The van der Waals surface area contributed by atoms with Crippen molar-refractivity contribution >= 4 is 11.8 Å². The first-order valence-electron chi connectivity index (χ1n) is 13.1. The molecule has 0 spiro atoms. The fourth-order valence-corrected chi connectivity index (χ4v) is 19.6. The van der Waals surface area contributed by atoms with Gasteiger partial charge in [0.05, 0.1) is 0 Å². The minimum absolute atomic E-state index is 0.660. The molecule has 171 valence electrons. The summed E-state index contributed by atoms with van der Waals surface area (Å²) in [7, 11) is 0. The molecule has 1 N–H and O–H groups in total. The molecule has 2 aliphatic carbocycles. The van der Waals surface area contributed by atoms with E-state index < -0.39 is 24.0 Å². The normalized spacial score (nSPS) is 23.5. The molecule has 2 atom stereocenters. The average Bonchev–Trinajstić information content (AvgIpc) is 2.96. The standard InChI is InChI=1S/C12H24N.C9H13.C7H9Si.Ti/c13-12-10-8-6-4-2-1-3-5-7-9-11-12;1-6-5-7(2)9(4)8(6)3;1-8-7-5-3-2-4-6-7;/h12-13H,1-11H2;6H,1-4H3;2-6,8H,1H3;/q-1;;;+1. The summed E-state index contributed by atoms with van der Waals surface area (Å²) < 4.78 is 6.37. The van der Waals surface area contributed by atoms with Crippen molar-refractivity contribution in [2.75, 3.05) is 0 Å². The van der Waals surface area contributed by atoms with Crippen LogP contribution in [0.1, 0.15) is 98.3 Å². The summed E-state index contributed by atoms with van der Waals surface area (Å²) in [5.41, 5.74) is 4.87. The molecule has 3 heteroatoms. The summed E-state index contributed by atoms with van der Waals surface area (Å²) in [6, 6.07) is 12.3. The van der Waals surface area contributed by atoms with Gasteiger partial charge in [0.25, 0.3) is 0 Å². The summed E-state index contributed by atoms with van der Waals surface area (Å²) in [6.45, 7) is 11.3. The molecular weight excluding hydrogens is 426 g/mol. The Labute approximate surface area is 200 Å². The predicted octanol–water partition coefficient (Wildman–Crippen LogP) is 7.30. The Balaban J connectivity index is 1.83.